The van der Waals surface area contributed by atoms with Gasteiger partial charge >= 0.3 is 0 Å². The lowest BCUT2D eigenvalue weighted by atomic mass is 10.1. The molecule has 7 nitrogen and oxygen atoms in total. The Bertz CT molecular complexity index is 490. The van der Waals surface area contributed by atoms with Gasteiger partial charge in [0.2, 0.25) is 5.95 Å². The summed E-state index contributed by atoms with van der Waals surface area (Å²) in [7, 11) is 1.73. The molecular weight excluding hydrogens is 284 g/mol. The van der Waals surface area contributed by atoms with Crippen molar-refractivity contribution in [1.29, 1.82) is 0 Å². The topological polar surface area (TPSA) is 85.4 Å². The van der Waals surface area contributed by atoms with Crippen LogP contribution in [0.3, 0.4) is 0 Å². The molecule has 2 heterocycles. The van der Waals surface area contributed by atoms with E-state index < -0.39 is 0 Å². The first-order valence-corrected chi connectivity index (χ1v) is 7.70. The number of hydrogen-bond acceptors (Lipinski definition) is 6. The first-order valence-electron chi connectivity index (χ1n) is 7.70. The molecule has 1 fully saturated rings. The Labute approximate surface area is 130 Å². The van der Waals surface area contributed by atoms with E-state index in [4.69, 9.17) is 9.47 Å². The first kappa shape index (κ1) is 16.6. The van der Waals surface area contributed by atoms with E-state index >= 15 is 0 Å². The fraction of sp³-hybridized carbons (Fsp3) is 0.667. The van der Waals surface area contributed by atoms with Crippen LogP contribution in [0, 0.1) is 6.92 Å². The predicted octanol–water partition coefficient (Wildman–Crippen LogP) is 1.14. The Morgan fingerprint density at radius 1 is 1.41 bits per heavy atom. The molecule has 1 saturated heterocycles. The molecule has 1 aromatic rings. The Kier molecular flexibility index (Phi) is 6.54. The van der Waals surface area contributed by atoms with Crippen LogP contribution in [-0.2, 0) is 9.47 Å². The minimum atomic E-state index is -0.187. The second-order valence-electron chi connectivity index (χ2n) is 5.26. The summed E-state index contributed by atoms with van der Waals surface area (Å²) >= 11 is 0. The van der Waals surface area contributed by atoms with Crippen LogP contribution in [0.15, 0.2) is 6.07 Å². The number of nitrogens with one attached hydrogen (secondary N) is 2. The molecule has 1 aliphatic heterocycles. The van der Waals surface area contributed by atoms with Crippen molar-refractivity contribution in [1.82, 2.24) is 15.3 Å². The average molecular weight is 308 g/mol. The summed E-state index contributed by atoms with van der Waals surface area (Å²) < 4.78 is 11.0. The van der Waals surface area contributed by atoms with Crippen molar-refractivity contribution < 1.29 is 14.3 Å². The van der Waals surface area contributed by atoms with Gasteiger partial charge in [0.1, 0.15) is 5.69 Å². The summed E-state index contributed by atoms with van der Waals surface area (Å²) in [4.78, 5) is 20.4. The highest BCUT2D eigenvalue weighted by molar-refractivity contribution is 5.92. The SMILES string of the molecule is CNc1nc(C)cc(C(=O)NCCCOC2CCOCC2)n1. The van der Waals surface area contributed by atoms with Crippen molar-refractivity contribution in [2.45, 2.75) is 32.3 Å². The van der Waals surface area contributed by atoms with E-state index in [1.54, 1.807) is 13.1 Å². The number of carbonyl (C=O) groups is 1. The van der Waals surface area contributed by atoms with Gasteiger partial charge in [0.25, 0.3) is 5.91 Å². The van der Waals surface area contributed by atoms with E-state index in [-0.39, 0.29) is 5.91 Å². The van der Waals surface area contributed by atoms with E-state index in [0.717, 1.165) is 38.2 Å². The van der Waals surface area contributed by atoms with Crippen molar-refractivity contribution in [3.05, 3.63) is 17.5 Å². The lowest BCUT2D eigenvalue weighted by Crippen LogP contribution is -2.28. The number of aromatic nitrogens is 2. The van der Waals surface area contributed by atoms with E-state index in [2.05, 4.69) is 20.6 Å². The van der Waals surface area contributed by atoms with E-state index in [0.29, 0.717) is 30.9 Å². The highest BCUT2D eigenvalue weighted by Gasteiger charge is 2.14. The summed E-state index contributed by atoms with van der Waals surface area (Å²) in [6.45, 7) is 4.61. The number of amides is 1. The number of nitrogens with zero attached hydrogens (tertiary/aromatic N) is 2. The maximum absolute atomic E-state index is 12.0. The minimum absolute atomic E-state index is 0.187. The molecule has 122 valence electrons. The monoisotopic (exact) mass is 308 g/mol. The van der Waals surface area contributed by atoms with E-state index in [1.165, 1.54) is 0 Å². The molecule has 0 radical (unpaired) electrons. The number of carbonyl (C=O) groups excluding carboxylic acids is 1. The molecule has 0 aromatic carbocycles. The van der Waals surface area contributed by atoms with Gasteiger partial charge in [-0.05, 0) is 32.3 Å². The minimum Gasteiger partial charge on any atom is -0.381 e. The first-order chi connectivity index (χ1) is 10.7. The van der Waals surface area contributed by atoms with Crippen LogP contribution in [0.5, 0.6) is 0 Å². The van der Waals surface area contributed by atoms with Gasteiger partial charge in [-0.1, -0.05) is 0 Å². The third-order valence-electron chi connectivity index (χ3n) is 3.44. The fourth-order valence-corrected chi connectivity index (χ4v) is 2.25. The van der Waals surface area contributed by atoms with Crippen molar-refractivity contribution >= 4 is 11.9 Å². The average Bonchev–Trinajstić information content (AvgIpc) is 2.54. The molecule has 0 unspecified atom stereocenters. The highest BCUT2D eigenvalue weighted by atomic mass is 16.5. The molecule has 2 N–H and O–H groups in total. The second-order valence-corrected chi connectivity index (χ2v) is 5.26. The third kappa shape index (κ3) is 5.23. The molecule has 1 amide bonds. The van der Waals surface area contributed by atoms with Crippen molar-refractivity contribution in [2.24, 2.45) is 0 Å². The molecule has 0 atom stereocenters. The zero-order valence-corrected chi connectivity index (χ0v) is 13.2. The van der Waals surface area contributed by atoms with Crippen molar-refractivity contribution in [2.75, 3.05) is 38.7 Å². The molecule has 1 aromatic heterocycles. The molecule has 1 aliphatic rings. The standard InChI is InChI=1S/C15H24N4O3/c1-11-10-13(19-15(16-2)18-11)14(20)17-6-3-7-22-12-4-8-21-9-5-12/h10,12H,3-9H2,1-2H3,(H,17,20)(H,16,18,19). The maximum Gasteiger partial charge on any atom is 0.270 e. The number of aryl methyl sites for hydroxylation is 1. The third-order valence-corrected chi connectivity index (χ3v) is 3.44. The summed E-state index contributed by atoms with van der Waals surface area (Å²) in [5.74, 6) is 0.265. The fourth-order valence-electron chi connectivity index (χ4n) is 2.25. The Balaban J connectivity index is 1.68. The van der Waals surface area contributed by atoms with Gasteiger partial charge in [0.15, 0.2) is 0 Å². The summed E-state index contributed by atoms with van der Waals surface area (Å²) in [6.07, 6.45) is 3.00. The molecule has 2 rings (SSSR count). The van der Waals surface area contributed by atoms with Crippen LogP contribution < -0.4 is 10.6 Å². The Hall–Kier alpha value is -1.73. The normalized spacial score (nSPS) is 15.5. The summed E-state index contributed by atoms with van der Waals surface area (Å²) in [6, 6.07) is 1.68. The lowest BCUT2D eigenvalue weighted by Gasteiger charge is -2.22. The largest absolute Gasteiger partial charge is 0.381 e. The van der Waals surface area contributed by atoms with Crippen LogP contribution in [0.25, 0.3) is 0 Å². The van der Waals surface area contributed by atoms with Crippen LogP contribution >= 0.6 is 0 Å². The molecule has 7 heteroatoms. The number of anilines is 1. The maximum atomic E-state index is 12.0. The Morgan fingerprint density at radius 2 is 2.18 bits per heavy atom. The molecule has 0 bridgehead atoms. The second kappa shape index (κ2) is 8.65. The smallest absolute Gasteiger partial charge is 0.270 e. The Morgan fingerprint density at radius 3 is 2.91 bits per heavy atom. The van der Waals surface area contributed by atoms with Crippen LogP contribution in [0.4, 0.5) is 5.95 Å². The number of rotatable bonds is 7. The van der Waals surface area contributed by atoms with Crippen molar-refractivity contribution in [3.8, 4) is 0 Å². The summed E-state index contributed by atoms with van der Waals surface area (Å²) in [5, 5.41) is 5.70. The van der Waals surface area contributed by atoms with Gasteiger partial charge in [-0.2, -0.15) is 0 Å². The van der Waals surface area contributed by atoms with Gasteiger partial charge in [-0.25, -0.2) is 9.97 Å². The van der Waals surface area contributed by atoms with E-state index in [1.807, 2.05) is 6.92 Å². The van der Waals surface area contributed by atoms with Gasteiger partial charge in [-0.3, -0.25) is 4.79 Å². The van der Waals surface area contributed by atoms with Crippen molar-refractivity contribution in [3.63, 3.8) is 0 Å². The van der Waals surface area contributed by atoms with Crippen LogP contribution in [0.2, 0.25) is 0 Å². The highest BCUT2D eigenvalue weighted by Crippen LogP contribution is 2.10. The van der Waals surface area contributed by atoms with Gasteiger partial charge in [0, 0.05) is 39.1 Å². The molecule has 0 spiro atoms. The number of hydrogen-bond donors (Lipinski definition) is 2. The van der Waals surface area contributed by atoms with Crippen LogP contribution in [-0.4, -0.2) is 55.4 Å². The lowest BCUT2D eigenvalue weighted by molar-refractivity contribution is -0.0321. The molecule has 0 aliphatic carbocycles. The summed E-state index contributed by atoms with van der Waals surface area (Å²) in [5.41, 5.74) is 1.13. The van der Waals surface area contributed by atoms with E-state index in [9.17, 15) is 4.79 Å². The van der Waals surface area contributed by atoms with Crippen LogP contribution in [0.1, 0.15) is 35.4 Å². The van der Waals surface area contributed by atoms with Gasteiger partial charge in [-0.15, -0.1) is 0 Å². The molecule has 0 saturated carbocycles. The zero-order chi connectivity index (χ0) is 15.8. The molecular formula is C15H24N4O3. The quantitative estimate of drug-likeness (QED) is 0.735. The van der Waals surface area contributed by atoms with Gasteiger partial charge in [0.05, 0.1) is 6.10 Å². The number of ether oxygens (including phenoxy) is 2. The molecule has 22 heavy (non-hydrogen) atoms. The predicted molar refractivity (Wildman–Crippen MR) is 83.1 cm³/mol. The van der Waals surface area contributed by atoms with Gasteiger partial charge < -0.3 is 20.1 Å². The zero-order valence-electron chi connectivity index (χ0n) is 13.2.